The Morgan fingerprint density at radius 2 is 1.80 bits per heavy atom. The van der Waals surface area contributed by atoms with Crippen LogP contribution in [0.3, 0.4) is 0 Å². The molecule has 0 N–H and O–H groups in total. The standard InChI is InChI=1S/C7H15N2.Au/c1-6-9(5)7(2)8(3)4;/h1-2,6H2,3-5H3;/q-1;+1. The molecule has 0 atom stereocenters. The van der Waals surface area contributed by atoms with Crippen molar-refractivity contribution in [2.24, 2.45) is 0 Å². The Bertz CT molecular complexity index is 102. The molecule has 0 aliphatic heterocycles. The summed E-state index contributed by atoms with van der Waals surface area (Å²) in [4.78, 5) is 3.95. The van der Waals surface area contributed by atoms with Crippen molar-refractivity contribution in [1.82, 2.24) is 9.80 Å². The van der Waals surface area contributed by atoms with Gasteiger partial charge in [-0.1, -0.05) is 6.58 Å². The zero-order valence-corrected chi connectivity index (χ0v) is 8.98. The van der Waals surface area contributed by atoms with Crippen LogP contribution in [0.1, 0.15) is 0 Å². The molecule has 0 unspecified atom stereocenters. The zero-order chi connectivity index (χ0) is 7.44. The molecule has 0 aromatic carbocycles. The maximum absolute atomic E-state index is 3.84. The molecule has 0 bridgehead atoms. The van der Waals surface area contributed by atoms with Crippen molar-refractivity contribution in [2.75, 3.05) is 27.7 Å². The summed E-state index contributed by atoms with van der Waals surface area (Å²) >= 11 is 0. The summed E-state index contributed by atoms with van der Waals surface area (Å²) in [6.07, 6.45) is 0. The van der Waals surface area contributed by atoms with Gasteiger partial charge in [0.1, 0.15) is 0 Å². The molecule has 0 aromatic heterocycles. The Hall–Kier alpha value is 0.0803. The molecule has 0 rings (SSSR count). The van der Waals surface area contributed by atoms with Crippen LogP contribution < -0.4 is 0 Å². The minimum atomic E-state index is 0. The summed E-state index contributed by atoms with van der Waals surface area (Å²) in [5.74, 6) is 0.991. The second-order valence-corrected chi connectivity index (χ2v) is 2.23. The molecular weight excluding hydrogens is 309 g/mol. The molecule has 0 aliphatic rings. The Morgan fingerprint density at radius 1 is 1.40 bits per heavy atom. The van der Waals surface area contributed by atoms with Gasteiger partial charge in [-0.15, -0.1) is 6.54 Å². The molecule has 0 heterocycles. The number of rotatable bonds is 3. The fraction of sp³-hybridized carbons (Fsp3) is 0.571. The number of hydrogen-bond acceptors (Lipinski definition) is 2. The molecule has 0 aromatic rings. The minimum absolute atomic E-state index is 0. The summed E-state index contributed by atoms with van der Waals surface area (Å²) in [7, 11) is 5.90. The van der Waals surface area contributed by atoms with Crippen LogP contribution in [0.5, 0.6) is 0 Å². The topological polar surface area (TPSA) is 6.48 Å². The Morgan fingerprint density at radius 3 is 1.90 bits per heavy atom. The van der Waals surface area contributed by atoms with Crippen LogP contribution in [0, 0.1) is 6.92 Å². The third-order valence-corrected chi connectivity index (χ3v) is 1.29. The van der Waals surface area contributed by atoms with Gasteiger partial charge in [0.05, 0.1) is 5.82 Å². The van der Waals surface area contributed by atoms with E-state index in [0.717, 1.165) is 12.4 Å². The third-order valence-electron chi connectivity index (χ3n) is 1.29. The van der Waals surface area contributed by atoms with Crippen molar-refractivity contribution in [2.45, 2.75) is 0 Å². The summed E-state index contributed by atoms with van der Waals surface area (Å²) in [5.41, 5.74) is 0. The van der Waals surface area contributed by atoms with E-state index in [2.05, 4.69) is 13.5 Å². The molecule has 0 saturated carbocycles. The summed E-state index contributed by atoms with van der Waals surface area (Å²) in [5, 5.41) is 0. The van der Waals surface area contributed by atoms with Gasteiger partial charge in [-0.2, -0.15) is 0 Å². The van der Waals surface area contributed by atoms with E-state index in [9.17, 15) is 0 Å². The van der Waals surface area contributed by atoms with Crippen LogP contribution in [0.25, 0.3) is 0 Å². The van der Waals surface area contributed by atoms with Gasteiger partial charge >= 0.3 is 22.4 Å². The molecule has 0 amide bonds. The first kappa shape index (κ1) is 12.7. The van der Waals surface area contributed by atoms with Crippen LogP contribution in [0.2, 0.25) is 0 Å². The smallest absolute Gasteiger partial charge is 0.392 e. The minimum Gasteiger partial charge on any atom is -0.392 e. The van der Waals surface area contributed by atoms with Gasteiger partial charge in [0, 0.05) is 21.1 Å². The molecule has 3 heteroatoms. The zero-order valence-electron chi connectivity index (χ0n) is 6.82. The van der Waals surface area contributed by atoms with Gasteiger partial charge in [-0.3, -0.25) is 0 Å². The Kier molecular flexibility index (Phi) is 7.43. The van der Waals surface area contributed by atoms with Gasteiger partial charge in [-0.25, -0.2) is 0 Å². The monoisotopic (exact) mass is 324 g/mol. The summed E-state index contributed by atoms with van der Waals surface area (Å²) in [6, 6.07) is 0. The van der Waals surface area contributed by atoms with E-state index in [4.69, 9.17) is 0 Å². The fourth-order valence-corrected chi connectivity index (χ4v) is 0.470. The second-order valence-electron chi connectivity index (χ2n) is 2.23. The van der Waals surface area contributed by atoms with Crippen molar-refractivity contribution >= 4 is 0 Å². The molecule has 0 aliphatic carbocycles. The maximum atomic E-state index is 3.84. The van der Waals surface area contributed by atoms with Crippen molar-refractivity contribution in [1.29, 1.82) is 0 Å². The predicted octanol–water partition coefficient (Wildman–Crippen LogP) is 0.783. The van der Waals surface area contributed by atoms with Gasteiger partial charge in [-0.05, 0) is 0 Å². The van der Waals surface area contributed by atoms with Gasteiger partial charge < -0.3 is 16.7 Å². The summed E-state index contributed by atoms with van der Waals surface area (Å²) in [6.45, 7) is 8.33. The van der Waals surface area contributed by atoms with Crippen LogP contribution >= 0.6 is 0 Å². The first-order chi connectivity index (χ1) is 4.09. The average molecular weight is 324 g/mol. The van der Waals surface area contributed by atoms with E-state index in [1.54, 1.807) is 0 Å². The van der Waals surface area contributed by atoms with E-state index in [1.165, 1.54) is 0 Å². The molecule has 10 heavy (non-hydrogen) atoms. The largest absolute Gasteiger partial charge is 1.00 e. The molecule has 0 fully saturated rings. The second kappa shape index (κ2) is 5.83. The molecule has 0 radical (unpaired) electrons. The first-order valence-corrected chi connectivity index (χ1v) is 2.96. The number of hydrogen-bond donors (Lipinski definition) is 0. The van der Waals surface area contributed by atoms with E-state index < -0.39 is 0 Å². The molecule has 0 saturated heterocycles. The van der Waals surface area contributed by atoms with Crippen LogP contribution in [0.15, 0.2) is 12.4 Å². The number of nitrogens with zero attached hydrogens (tertiary/aromatic N) is 2. The fourth-order valence-electron chi connectivity index (χ4n) is 0.470. The maximum Gasteiger partial charge on any atom is 1.00 e. The first-order valence-electron chi connectivity index (χ1n) is 2.96. The predicted molar refractivity (Wildman–Crippen MR) is 40.8 cm³/mol. The molecular formula is C7H15AuN2. The molecule has 2 nitrogen and oxygen atoms in total. The molecule has 0 spiro atoms. The van der Waals surface area contributed by atoms with Gasteiger partial charge in [0.15, 0.2) is 0 Å². The van der Waals surface area contributed by atoms with Gasteiger partial charge in [0.25, 0.3) is 0 Å². The van der Waals surface area contributed by atoms with Crippen LogP contribution in [-0.4, -0.2) is 37.5 Å². The molecule has 64 valence electrons. The van der Waals surface area contributed by atoms with E-state index in [-0.39, 0.29) is 22.4 Å². The SMILES string of the molecule is C=C(N(C)C)N(C)C[CH2-].[Au+]. The summed E-state index contributed by atoms with van der Waals surface area (Å²) < 4.78 is 0. The average Bonchev–Trinajstić information content (AvgIpc) is 1.84. The van der Waals surface area contributed by atoms with Crippen LogP contribution in [-0.2, 0) is 22.4 Å². The van der Waals surface area contributed by atoms with Crippen molar-refractivity contribution in [3.8, 4) is 0 Å². The van der Waals surface area contributed by atoms with Gasteiger partial charge in [0.2, 0.25) is 0 Å². The van der Waals surface area contributed by atoms with Crippen molar-refractivity contribution in [3.63, 3.8) is 0 Å². The van der Waals surface area contributed by atoms with E-state index in [0.29, 0.717) is 0 Å². The van der Waals surface area contributed by atoms with Crippen molar-refractivity contribution in [3.05, 3.63) is 19.3 Å². The van der Waals surface area contributed by atoms with Crippen LogP contribution in [0.4, 0.5) is 0 Å². The van der Waals surface area contributed by atoms with E-state index in [1.807, 2.05) is 30.9 Å². The van der Waals surface area contributed by atoms with Crippen molar-refractivity contribution < 1.29 is 22.4 Å². The third kappa shape index (κ3) is 3.99. The van der Waals surface area contributed by atoms with E-state index >= 15 is 0 Å². The normalized spacial score (nSPS) is 8.00. The quantitative estimate of drug-likeness (QED) is 0.559. The Balaban J connectivity index is 0. The Labute approximate surface area is 79.4 Å².